The van der Waals surface area contributed by atoms with Gasteiger partial charge in [0.15, 0.2) is 0 Å². The first-order valence-electron chi connectivity index (χ1n) is 12.5. The number of piperidine rings is 2. The minimum atomic E-state index is -0.420. The molecule has 1 amide bonds. The number of anilines is 2. The molecular formula is C27H36N4OS. The summed E-state index contributed by atoms with van der Waals surface area (Å²) >= 11 is 1.87. The first-order chi connectivity index (χ1) is 16.1. The maximum absolute atomic E-state index is 12.5. The van der Waals surface area contributed by atoms with Gasteiger partial charge in [0, 0.05) is 29.4 Å². The van der Waals surface area contributed by atoms with Crippen LogP contribution < -0.4 is 10.6 Å². The second-order valence-electron chi connectivity index (χ2n) is 9.83. The number of hydrogen-bond acceptors (Lipinski definition) is 5. The molecule has 0 unspecified atom stereocenters. The molecule has 5 nitrogen and oxygen atoms in total. The van der Waals surface area contributed by atoms with Crippen LogP contribution in [0.1, 0.15) is 44.1 Å². The summed E-state index contributed by atoms with van der Waals surface area (Å²) in [5.41, 5.74) is 9.50. The van der Waals surface area contributed by atoms with E-state index in [1.807, 2.05) is 11.8 Å². The monoisotopic (exact) mass is 464 g/mol. The highest BCUT2D eigenvalue weighted by atomic mass is 32.2. The summed E-state index contributed by atoms with van der Waals surface area (Å²) in [6, 6.07) is 15.5. The third-order valence-corrected chi connectivity index (χ3v) is 8.87. The summed E-state index contributed by atoms with van der Waals surface area (Å²) in [5, 5.41) is 0. The third-order valence-electron chi connectivity index (χ3n) is 7.74. The van der Waals surface area contributed by atoms with Crippen LogP contribution in [0.25, 0.3) is 0 Å². The topological polar surface area (TPSA) is 52.8 Å². The Balaban J connectivity index is 1.22. The van der Waals surface area contributed by atoms with Gasteiger partial charge in [0.25, 0.3) is 0 Å². The Morgan fingerprint density at radius 3 is 2.42 bits per heavy atom. The van der Waals surface area contributed by atoms with Crippen LogP contribution in [0.3, 0.4) is 0 Å². The lowest BCUT2D eigenvalue weighted by Gasteiger charge is -2.48. The summed E-state index contributed by atoms with van der Waals surface area (Å²) in [4.78, 5) is 22.6. The zero-order chi connectivity index (χ0) is 22.8. The summed E-state index contributed by atoms with van der Waals surface area (Å²) < 4.78 is 0. The minimum Gasteiger partial charge on any atom is -0.368 e. The molecule has 3 aliphatic rings. The summed E-state index contributed by atoms with van der Waals surface area (Å²) in [6.07, 6.45) is 6.49. The van der Waals surface area contributed by atoms with Crippen LogP contribution in [0.4, 0.5) is 11.4 Å². The lowest BCUT2D eigenvalue weighted by molar-refractivity contribution is -0.134. The Morgan fingerprint density at radius 1 is 0.939 bits per heavy atom. The second kappa shape index (κ2) is 9.69. The van der Waals surface area contributed by atoms with E-state index in [1.165, 1.54) is 46.0 Å². The molecule has 0 aromatic heterocycles. The molecule has 2 aromatic carbocycles. The molecule has 3 aliphatic heterocycles. The smallest absolute Gasteiger partial charge is 0.238 e. The molecule has 6 heteroatoms. The van der Waals surface area contributed by atoms with Crippen molar-refractivity contribution in [3.63, 3.8) is 0 Å². The number of rotatable bonds is 6. The number of aryl methyl sites for hydroxylation is 1. The second-order valence-corrected chi connectivity index (χ2v) is 10.9. The first kappa shape index (κ1) is 22.8. The number of nitrogens with zero attached hydrogens (tertiary/aromatic N) is 3. The Bertz CT molecular complexity index is 995. The molecule has 3 heterocycles. The average Bonchev–Trinajstić information content (AvgIpc) is 2.85. The van der Waals surface area contributed by atoms with E-state index < -0.39 is 5.54 Å². The van der Waals surface area contributed by atoms with Crippen molar-refractivity contribution >= 4 is 29.0 Å². The Hall–Kier alpha value is -2.02. The zero-order valence-corrected chi connectivity index (χ0v) is 20.6. The van der Waals surface area contributed by atoms with Crippen molar-refractivity contribution in [2.75, 3.05) is 44.2 Å². The van der Waals surface area contributed by atoms with Crippen LogP contribution in [0.2, 0.25) is 0 Å². The molecule has 0 radical (unpaired) electrons. The fraction of sp³-hybridized carbons (Fsp3) is 0.519. The molecule has 176 valence electrons. The van der Waals surface area contributed by atoms with E-state index in [-0.39, 0.29) is 5.91 Å². The number of carbonyl (C=O) groups excluding carboxylic acids is 1. The van der Waals surface area contributed by atoms with Crippen molar-refractivity contribution in [2.45, 2.75) is 60.8 Å². The van der Waals surface area contributed by atoms with E-state index in [9.17, 15) is 4.79 Å². The summed E-state index contributed by atoms with van der Waals surface area (Å²) in [6.45, 7) is 8.19. The number of carbonyl (C=O) groups is 1. The summed E-state index contributed by atoms with van der Waals surface area (Å²) in [5.74, 6) is -0.113. The van der Waals surface area contributed by atoms with Gasteiger partial charge in [-0.05, 0) is 88.5 Å². The number of primary amides is 1. The molecule has 2 saturated heterocycles. The Kier molecular flexibility index (Phi) is 6.68. The van der Waals surface area contributed by atoms with E-state index in [4.69, 9.17) is 5.73 Å². The number of nitrogens with two attached hydrogens (primary N) is 1. The quantitative estimate of drug-likeness (QED) is 0.666. The van der Waals surface area contributed by atoms with Crippen molar-refractivity contribution in [1.82, 2.24) is 9.80 Å². The fourth-order valence-electron chi connectivity index (χ4n) is 5.82. The SMILES string of the molecule is Cc1ccc2c(c1)N(CCCN1CCC(C(N)=O)(N3CCCCC3)CC1)c1ccccc1S2. The fourth-order valence-corrected chi connectivity index (χ4v) is 6.90. The van der Waals surface area contributed by atoms with E-state index in [0.717, 1.165) is 58.5 Å². The molecule has 33 heavy (non-hydrogen) atoms. The van der Waals surface area contributed by atoms with Crippen LogP contribution in [-0.4, -0.2) is 60.5 Å². The molecular weight excluding hydrogens is 428 g/mol. The molecule has 0 spiro atoms. The van der Waals surface area contributed by atoms with Gasteiger partial charge in [-0.1, -0.05) is 36.4 Å². The van der Waals surface area contributed by atoms with E-state index in [1.54, 1.807) is 0 Å². The lowest BCUT2D eigenvalue weighted by atomic mass is 9.83. The van der Waals surface area contributed by atoms with Gasteiger partial charge in [0.2, 0.25) is 5.91 Å². The van der Waals surface area contributed by atoms with Crippen molar-refractivity contribution in [3.8, 4) is 0 Å². The van der Waals surface area contributed by atoms with E-state index in [0.29, 0.717) is 0 Å². The van der Waals surface area contributed by atoms with Crippen LogP contribution >= 0.6 is 11.8 Å². The predicted molar refractivity (Wildman–Crippen MR) is 136 cm³/mol. The third kappa shape index (κ3) is 4.53. The van der Waals surface area contributed by atoms with Crippen LogP contribution in [0.5, 0.6) is 0 Å². The number of benzene rings is 2. The molecule has 2 N–H and O–H groups in total. The van der Waals surface area contributed by atoms with E-state index in [2.05, 4.69) is 64.1 Å². The Labute approximate surface area is 202 Å². The maximum atomic E-state index is 12.5. The Morgan fingerprint density at radius 2 is 1.67 bits per heavy atom. The lowest BCUT2D eigenvalue weighted by Crippen LogP contribution is -2.63. The zero-order valence-electron chi connectivity index (χ0n) is 19.8. The average molecular weight is 465 g/mol. The number of hydrogen-bond donors (Lipinski definition) is 1. The van der Waals surface area contributed by atoms with Crippen LogP contribution in [0, 0.1) is 6.92 Å². The largest absolute Gasteiger partial charge is 0.368 e. The van der Waals surface area contributed by atoms with Crippen LogP contribution in [-0.2, 0) is 4.79 Å². The van der Waals surface area contributed by atoms with Gasteiger partial charge in [-0.3, -0.25) is 9.69 Å². The van der Waals surface area contributed by atoms with Gasteiger partial charge >= 0.3 is 0 Å². The number of fused-ring (bicyclic) bond motifs is 2. The predicted octanol–water partition coefficient (Wildman–Crippen LogP) is 4.79. The minimum absolute atomic E-state index is 0.113. The van der Waals surface area contributed by atoms with Gasteiger partial charge in [0.05, 0.1) is 11.4 Å². The van der Waals surface area contributed by atoms with Crippen molar-refractivity contribution in [1.29, 1.82) is 0 Å². The van der Waals surface area contributed by atoms with Gasteiger partial charge in [-0.2, -0.15) is 0 Å². The molecule has 2 aromatic rings. The van der Waals surface area contributed by atoms with E-state index >= 15 is 0 Å². The van der Waals surface area contributed by atoms with Crippen molar-refractivity contribution in [3.05, 3.63) is 48.0 Å². The number of para-hydroxylation sites is 1. The highest BCUT2D eigenvalue weighted by molar-refractivity contribution is 7.99. The number of amides is 1. The molecule has 0 atom stereocenters. The van der Waals surface area contributed by atoms with Gasteiger partial charge in [-0.25, -0.2) is 0 Å². The van der Waals surface area contributed by atoms with Crippen LogP contribution in [0.15, 0.2) is 52.3 Å². The number of likely N-dealkylation sites (tertiary alicyclic amines) is 2. The molecule has 0 saturated carbocycles. The summed E-state index contributed by atoms with van der Waals surface area (Å²) in [7, 11) is 0. The van der Waals surface area contributed by atoms with Gasteiger partial charge in [0.1, 0.15) is 5.54 Å². The molecule has 2 fully saturated rings. The highest BCUT2D eigenvalue weighted by Crippen LogP contribution is 2.48. The van der Waals surface area contributed by atoms with Gasteiger partial charge < -0.3 is 15.5 Å². The van der Waals surface area contributed by atoms with Gasteiger partial charge in [-0.15, -0.1) is 0 Å². The standard InChI is InChI=1S/C27H36N4OS/c1-21-10-11-25-23(20-21)31(22-8-3-4-9-24(22)33-25)17-7-14-29-18-12-27(13-19-29,26(28)32)30-15-5-2-6-16-30/h3-4,8-11,20H,2,5-7,12-19H2,1H3,(H2,28,32). The van der Waals surface area contributed by atoms with Crippen molar-refractivity contribution < 1.29 is 4.79 Å². The maximum Gasteiger partial charge on any atom is 0.238 e. The molecule has 5 rings (SSSR count). The molecule has 0 aliphatic carbocycles. The highest BCUT2D eigenvalue weighted by Gasteiger charge is 2.44. The first-order valence-corrected chi connectivity index (χ1v) is 13.3. The molecule has 0 bridgehead atoms. The van der Waals surface area contributed by atoms with Crippen molar-refractivity contribution in [2.24, 2.45) is 5.73 Å². The normalized spacial score (nSPS) is 20.8.